The van der Waals surface area contributed by atoms with Crippen LogP contribution in [0.2, 0.25) is 5.02 Å². The highest BCUT2D eigenvalue weighted by molar-refractivity contribution is 6.31. The second-order valence-electron chi connectivity index (χ2n) is 2.77. The van der Waals surface area contributed by atoms with Crippen molar-refractivity contribution in [1.82, 2.24) is 0 Å². The zero-order chi connectivity index (χ0) is 10.0. The third kappa shape index (κ3) is 1.90. The molecule has 0 amide bonds. The van der Waals surface area contributed by atoms with Gasteiger partial charge in [0.15, 0.2) is 0 Å². The Hall–Kier alpha value is -0.860. The molecule has 0 saturated carbocycles. The zero-order valence-electron chi connectivity index (χ0n) is 7.22. The first-order chi connectivity index (χ1) is 6.07. The third-order valence-corrected chi connectivity index (χ3v) is 2.17. The van der Waals surface area contributed by atoms with Gasteiger partial charge in [0.1, 0.15) is 11.9 Å². The molecule has 0 bridgehead atoms. The lowest BCUT2D eigenvalue weighted by Crippen LogP contribution is -2.00. The fraction of sp³-hybridized carbons (Fsp3) is 0.200. The van der Waals surface area contributed by atoms with Crippen LogP contribution in [0.25, 0.3) is 0 Å². The lowest BCUT2D eigenvalue weighted by atomic mass is 10.1. The number of benzene rings is 1. The highest BCUT2D eigenvalue weighted by atomic mass is 35.5. The van der Waals surface area contributed by atoms with E-state index in [1.807, 2.05) is 0 Å². The Morgan fingerprint density at radius 1 is 1.62 bits per heavy atom. The van der Waals surface area contributed by atoms with Gasteiger partial charge < -0.3 is 5.11 Å². The van der Waals surface area contributed by atoms with Gasteiger partial charge in [-0.3, -0.25) is 0 Å². The van der Waals surface area contributed by atoms with Crippen LogP contribution in [-0.4, -0.2) is 5.11 Å². The molecule has 0 radical (unpaired) electrons. The van der Waals surface area contributed by atoms with Crippen molar-refractivity contribution in [2.75, 3.05) is 0 Å². The summed E-state index contributed by atoms with van der Waals surface area (Å²) >= 11 is 5.73. The number of hydrogen-bond acceptors (Lipinski definition) is 1. The second-order valence-corrected chi connectivity index (χ2v) is 3.18. The molecule has 1 aromatic carbocycles. The molecule has 1 rings (SSSR count). The molecular weight excluding hydrogens is 191 g/mol. The van der Waals surface area contributed by atoms with Gasteiger partial charge in [-0.15, -0.1) is 6.58 Å². The smallest absolute Gasteiger partial charge is 0.133 e. The molecule has 0 aromatic heterocycles. The molecule has 1 N–H and O–H groups in total. The van der Waals surface area contributed by atoms with Crippen LogP contribution in [0.15, 0.2) is 24.8 Å². The van der Waals surface area contributed by atoms with Gasteiger partial charge in [0.2, 0.25) is 0 Å². The minimum Gasteiger partial charge on any atom is -0.384 e. The summed E-state index contributed by atoms with van der Waals surface area (Å²) in [5.74, 6) is -0.472. The normalized spacial score (nSPS) is 12.6. The van der Waals surface area contributed by atoms with E-state index < -0.39 is 11.9 Å². The lowest BCUT2D eigenvalue weighted by Gasteiger charge is -2.10. The lowest BCUT2D eigenvalue weighted by molar-refractivity contribution is 0.223. The molecule has 1 aromatic rings. The van der Waals surface area contributed by atoms with E-state index in [-0.39, 0.29) is 10.6 Å². The Morgan fingerprint density at radius 3 is 2.77 bits per heavy atom. The number of halogens is 2. The summed E-state index contributed by atoms with van der Waals surface area (Å²) in [6.07, 6.45) is 0.191. The van der Waals surface area contributed by atoms with E-state index in [0.717, 1.165) is 0 Å². The van der Waals surface area contributed by atoms with Gasteiger partial charge in [-0.25, -0.2) is 4.39 Å². The molecule has 1 unspecified atom stereocenters. The van der Waals surface area contributed by atoms with Crippen molar-refractivity contribution in [2.24, 2.45) is 0 Å². The number of aliphatic hydroxyl groups is 1. The predicted octanol–water partition coefficient (Wildman–Crippen LogP) is 3.01. The molecule has 0 saturated heterocycles. The van der Waals surface area contributed by atoms with Crippen molar-refractivity contribution >= 4 is 11.6 Å². The quantitative estimate of drug-likeness (QED) is 0.728. The minimum absolute atomic E-state index is 0.0941. The molecule has 13 heavy (non-hydrogen) atoms. The Bertz CT molecular complexity index is 336. The van der Waals surface area contributed by atoms with Crippen molar-refractivity contribution < 1.29 is 9.50 Å². The van der Waals surface area contributed by atoms with Crippen LogP contribution in [0.5, 0.6) is 0 Å². The van der Waals surface area contributed by atoms with E-state index in [2.05, 4.69) is 6.58 Å². The molecule has 0 aliphatic carbocycles. The van der Waals surface area contributed by atoms with E-state index >= 15 is 0 Å². The van der Waals surface area contributed by atoms with Crippen LogP contribution < -0.4 is 0 Å². The number of rotatable bonds is 2. The summed E-state index contributed by atoms with van der Waals surface area (Å²) in [5.41, 5.74) is 0.553. The van der Waals surface area contributed by atoms with Gasteiger partial charge in [0, 0.05) is 10.6 Å². The van der Waals surface area contributed by atoms with Crippen LogP contribution in [0, 0.1) is 12.7 Å². The van der Waals surface area contributed by atoms with Crippen LogP contribution >= 0.6 is 11.6 Å². The third-order valence-electron chi connectivity index (χ3n) is 1.84. The molecule has 1 atom stereocenters. The summed E-state index contributed by atoms with van der Waals surface area (Å²) in [6, 6.07) is 3.12. The number of aryl methyl sites for hydroxylation is 1. The maximum absolute atomic E-state index is 13.4. The van der Waals surface area contributed by atoms with Crippen molar-refractivity contribution in [3.05, 3.63) is 46.8 Å². The molecule has 0 fully saturated rings. The van der Waals surface area contributed by atoms with Crippen molar-refractivity contribution in [3.8, 4) is 0 Å². The first-order valence-electron chi connectivity index (χ1n) is 3.83. The second kappa shape index (κ2) is 3.90. The molecular formula is C10H10ClFO. The van der Waals surface area contributed by atoms with Crippen molar-refractivity contribution in [3.63, 3.8) is 0 Å². The minimum atomic E-state index is -1.05. The van der Waals surface area contributed by atoms with Gasteiger partial charge >= 0.3 is 0 Å². The van der Waals surface area contributed by atoms with Crippen LogP contribution in [0.4, 0.5) is 4.39 Å². The van der Waals surface area contributed by atoms with E-state index in [0.29, 0.717) is 5.56 Å². The van der Waals surface area contributed by atoms with E-state index in [1.54, 1.807) is 19.1 Å². The summed E-state index contributed by atoms with van der Waals surface area (Å²) in [7, 11) is 0. The summed E-state index contributed by atoms with van der Waals surface area (Å²) in [6.45, 7) is 4.99. The first kappa shape index (κ1) is 10.2. The first-order valence-corrected chi connectivity index (χ1v) is 4.21. The largest absolute Gasteiger partial charge is 0.384 e. The average Bonchev–Trinajstić information content (AvgIpc) is 2.12. The van der Waals surface area contributed by atoms with Crippen LogP contribution in [0.1, 0.15) is 17.2 Å². The topological polar surface area (TPSA) is 20.2 Å². The monoisotopic (exact) mass is 200 g/mol. The summed E-state index contributed by atoms with van der Waals surface area (Å²) in [4.78, 5) is 0. The van der Waals surface area contributed by atoms with Gasteiger partial charge in [-0.1, -0.05) is 23.7 Å². The zero-order valence-corrected chi connectivity index (χ0v) is 7.98. The maximum atomic E-state index is 13.4. The molecule has 0 aliphatic heterocycles. The summed E-state index contributed by atoms with van der Waals surface area (Å²) in [5, 5.41) is 9.59. The van der Waals surface area contributed by atoms with Crippen molar-refractivity contribution in [1.29, 1.82) is 0 Å². The highest BCUT2D eigenvalue weighted by Crippen LogP contribution is 2.28. The fourth-order valence-corrected chi connectivity index (χ4v) is 1.33. The van der Waals surface area contributed by atoms with E-state index in [1.165, 1.54) is 6.08 Å². The van der Waals surface area contributed by atoms with Gasteiger partial charge in [0.05, 0.1) is 0 Å². The average molecular weight is 201 g/mol. The predicted molar refractivity (Wildman–Crippen MR) is 51.3 cm³/mol. The molecule has 0 spiro atoms. The van der Waals surface area contributed by atoms with Gasteiger partial charge in [-0.2, -0.15) is 0 Å². The SMILES string of the molecule is C=CC(O)c1c(Cl)ccc(C)c1F. The highest BCUT2D eigenvalue weighted by Gasteiger charge is 2.15. The number of aliphatic hydroxyl groups excluding tert-OH is 1. The van der Waals surface area contributed by atoms with Gasteiger partial charge in [0.25, 0.3) is 0 Å². The molecule has 1 nitrogen and oxygen atoms in total. The Balaban J connectivity index is 3.32. The summed E-state index contributed by atoms with van der Waals surface area (Å²) < 4.78 is 13.4. The van der Waals surface area contributed by atoms with E-state index in [4.69, 9.17) is 11.6 Å². The maximum Gasteiger partial charge on any atom is 0.133 e. The number of hydrogen-bond donors (Lipinski definition) is 1. The van der Waals surface area contributed by atoms with Crippen LogP contribution in [-0.2, 0) is 0 Å². The van der Waals surface area contributed by atoms with Gasteiger partial charge in [-0.05, 0) is 18.6 Å². The molecule has 3 heteroatoms. The molecule has 0 heterocycles. The van der Waals surface area contributed by atoms with E-state index in [9.17, 15) is 9.50 Å². The van der Waals surface area contributed by atoms with Crippen LogP contribution in [0.3, 0.4) is 0 Å². The fourth-order valence-electron chi connectivity index (χ4n) is 1.07. The Morgan fingerprint density at radius 2 is 2.23 bits per heavy atom. The molecule has 70 valence electrons. The Kier molecular flexibility index (Phi) is 3.07. The van der Waals surface area contributed by atoms with Crippen molar-refractivity contribution in [2.45, 2.75) is 13.0 Å². The Labute approximate surface area is 81.5 Å². The molecule has 0 aliphatic rings. The standard InChI is InChI=1S/C10H10ClFO/c1-3-8(13)9-7(11)5-4-6(2)10(9)12/h3-5,8,13H,1H2,2H3.